The van der Waals surface area contributed by atoms with Crippen LogP contribution in [0.4, 0.5) is 0 Å². The molecule has 1 aromatic carbocycles. The zero-order valence-corrected chi connectivity index (χ0v) is 10.7. The number of phenols is 1. The predicted octanol–water partition coefficient (Wildman–Crippen LogP) is 4.14. The van der Waals surface area contributed by atoms with Gasteiger partial charge in [0.25, 0.3) is 0 Å². The van der Waals surface area contributed by atoms with Crippen molar-refractivity contribution in [1.29, 1.82) is 0 Å². The van der Waals surface area contributed by atoms with Gasteiger partial charge in [-0.1, -0.05) is 32.1 Å². The standard InChI is InChI=1S/C14H15NOS/c1-10(2)13-6-4-11(7-14(13)16)3-5-12-8-17-9-15-12/h3-10,16H,1-2H3/b5-3+. The summed E-state index contributed by atoms with van der Waals surface area (Å²) in [5.41, 5.74) is 4.72. The van der Waals surface area contributed by atoms with E-state index in [-0.39, 0.29) is 0 Å². The van der Waals surface area contributed by atoms with Gasteiger partial charge >= 0.3 is 0 Å². The lowest BCUT2D eigenvalue weighted by Crippen LogP contribution is -1.88. The van der Waals surface area contributed by atoms with Crippen LogP contribution < -0.4 is 0 Å². The van der Waals surface area contributed by atoms with Crippen molar-refractivity contribution in [1.82, 2.24) is 4.98 Å². The lowest BCUT2D eigenvalue weighted by molar-refractivity contribution is 0.465. The molecule has 0 aliphatic heterocycles. The number of rotatable bonds is 3. The normalized spacial score (nSPS) is 11.5. The topological polar surface area (TPSA) is 33.1 Å². The second-order valence-corrected chi connectivity index (χ2v) is 4.94. The molecule has 3 heteroatoms. The second kappa shape index (κ2) is 5.15. The van der Waals surface area contributed by atoms with Gasteiger partial charge in [-0.05, 0) is 29.2 Å². The summed E-state index contributed by atoms with van der Waals surface area (Å²) in [6, 6.07) is 5.77. The van der Waals surface area contributed by atoms with Gasteiger partial charge in [0.05, 0.1) is 11.2 Å². The average molecular weight is 245 g/mol. The average Bonchev–Trinajstić information content (AvgIpc) is 2.78. The number of aromatic nitrogens is 1. The Labute approximate surface area is 105 Å². The van der Waals surface area contributed by atoms with Crippen molar-refractivity contribution in [3.05, 3.63) is 45.9 Å². The summed E-state index contributed by atoms with van der Waals surface area (Å²) in [6.07, 6.45) is 3.90. The molecule has 0 saturated carbocycles. The molecule has 2 rings (SSSR count). The minimum absolute atomic E-state index is 0.339. The number of phenolic OH excluding ortho intramolecular Hbond substituents is 1. The zero-order valence-electron chi connectivity index (χ0n) is 9.92. The van der Waals surface area contributed by atoms with E-state index in [4.69, 9.17) is 0 Å². The Balaban J connectivity index is 2.21. The monoisotopic (exact) mass is 245 g/mol. The molecule has 0 spiro atoms. The molecule has 0 aliphatic rings. The van der Waals surface area contributed by atoms with E-state index >= 15 is 0 Å². The summed E-state index contributed by atoms with van der Waals surface area (Å²) in [4.78, 5) is 4.17. The molecule has 2 nitrogen and oxygen atoms in total. The second-order valence-electron chi connectivity index (χ2n) is 4.22. The van der Waals surface area contributed by atoms with Crippen LogP contribution in [-0.2, 0) is 0 Å². The van der Waals surface area contributed by atoms with Crippen LogP contribution in [0.1, 0.15) is 36.6 Å². The van der Waals surface area contributed by atoms with E-state index in [1.807, 2.05) is 29.7 Å². The van der Waals surface area contributed by atoms with Crippen molar-refractivity contribution in [3.8, 4) is 5.75 Å². The van der Waals surface area contributed by atoms with Crippen LogP contribution in [0, 0.1) is 0 Å². The highest BCUT2D eigenvalue weighted by Gasteiger charge is 2.05. The number of hydrogen-bond donors (Lipinski definition) is 1. The maximum absolute atomic E-state index is 9.87. The van der Waals surface area contributed by atoms with Crippen LogP contribution in [0.5, 0.6) is 5.75 Å². The minimum atomic E-state index is 0.339. The van der Waals surface area contributed by atoms with Crippen LogP contribution in [0.3, 0.4) is 0 Å². The molecule has 0 amide bonds. The summed E-state index contributed by atoms with van der Waals surface area (Å²) in [6.45, 7) is 4.14. The molecule has 0 atom stereocenters. The highest BCUT2D eigenvalue weighted by atomic mass is 32.1. The molecular weight excluding hydrogens is 230 g/mol. The van der Waals surface area contributed by atoms with Crippen LogP contribution in [0.15, 0.2) is 29.1 Å². The first-order chi connectivity index (χ1) is 8.16. The van der Waals surface area contributed by atoms with Crippen LogP contribution in [0.2, 0.25) is 0 Å². The molecule has 0 unspecified atom stereocenters. The minimum Gasteiger partial charge on any atom is -0.508 e. The van der Waals surface area contributed by atoms with Crippen LogP contribution in [-0.4, -0.2) is 10.1 Å². The predicted molar refractivity (Wildman–Crippen MR) is 73.2 cm³/mol. The summed E-state index contributed by atoms with van der Waals surface area (Å²) >= 11 is 1.57. The van der Waals surface area contributed by atoms with Gasteiger partial charge in [0, 0.05) is 5.38 Å². The Hall–Kier alpha value is -1.61. The molecular formula is C14H15NOS. The maximum atomic E-state index is 9.87. The van der Waals surface area contributed by atoms with E-state index in [1.54, 1.807) is 22.9 Å². The third kappa shape index (κ3) is 2.94. The van der Waals surface area contributed by atoms with E-state index in [9.17, 15) is 5.11 Å². The molecule has 2 aromatic rings. The number of benzene rings is 1. The number of hydrogen-bond acceptors (Lipinski definition) is 3. The molecule has 0 bridgehead atoms. The Morgan fingerprint density at radius 3 is 2.71 bits per heavy atom. The number of thiazole rings is 1. The van der Waals surface area contributed by atoms with Gasteiger partial charge in [-0.25, -0.2) is 4.98 Å². The Kier molecular flexibility index (Phi) is 3.59. The van der Waals surface area contributed by atoms with Gasteiger partial charge in [0.2, 0.25) is 0 Å². The Morgan fingerprint density at radius 1 is 1.29 bits per heavy atom. The third-order valence-corrected chi connectivity index (χ3v) is 3.18. The van der Waals surface area contributed by atoms with E-state index in [0.29, 0.717) is 11.7 Å². The van der Waals surface area contributed by atoms with Gasteiger partial charge < -0.3 is 5.11 Å². The summed E-state index contributed by atoms with van der Waals surface area (Å²) in [5.74, 6) is 0.701. The number of nitrogens with zero attached hydrogens (tertiary/aromatic N) is 1. The molecule has 0 saturated heterocycles. The van der Waals surface area contributed by atoms with Gasteiger partial charge in [0.15, 0.2) is 0 Å². The third-order valence-electron chi connectivity index (χ3n) is 2.57. The van der Waals surface area contributed by atoms with Gasteiger partial charge in [-0.3, -0.25) is 0 Å². The smallest absolute Gasteiger partial charge is 0.119 e. The summed E-state index contributed by atoms with van der Waals surface area (Å²) < 4.78 is 0. The first-order valence-electron chi connectivity index (χ1n) is 5.56. The van der Waals surface area contributed by atoms with Gasteiger partial charge in [-0.2, -0.15) is 0 Å². The van der Waals surface area contributed by atoms with E-state index in [1.165, 1.54) is 0 Å². The van der Waals surface area contributed by atoms with Crippen LogP contribution >= 0.6 is 11.3 Å². The fourth-order valence-electron chi connectivity index (χ4n) is 1.64. The summed E-state index contributed by atoms with van der Waals surface area (Å²) in [7, 11) is 0. The zero-order chi connectivity index (χ0) is 12.3. The lowest BCUT2D eigenvalue weighted by atomic mass is 10.0. The van der Waals surface area contributed by atoms with Gasteiger partial charge in [-0.15, -0.1) is 11.3 Å². The maximum Gasteiger partial charge on any atom is 0.119 e. The van der Waals surface area contributed by atoms with E-state index in [2.05, 4.69) is 18.8 Å². The molecule has 1 N–H and O–H groups in total. The van der Waals surface area contributed by atoms with Crippen molar-refractivity contribution in [2.24, 2.45) is 0 Å². The SMILES string of the molecule is CC(C)c1ccc(/C=C/c2cscn2)cc1O. The molecule has 88 valence electrons. The lowest BCUT2D eigenvalue weighted by Gasteiger charge is -2.08. The highest BCUT2D eigenvalue weighted by molar-refractivity contribution is 7.07. The van der Waals surface area contributed by atoms with Crippen molar-refractivity contribution in [2.75, 3.05) is 0 Å². The van der Waals surface area contributed by atoms with E-state index in [0.717, 1.165) is 16.8 Å². The van der Waals surface area contributed by atoms with Crippen molar-refractivity contribution >= 4 is 23.5 Å². The fourth-order valence-corrected chi connectivity index (χ4v) is 2.16. The molecule has 0 fully saturated rings. The van der Waals surface area contributed by atoms with Crippen molar-refractivity contribution in [2.45, 2.75) is 19.8 Å². The van der Waals surface area contributed by atoms with Gasteiger partial charge in [0.1, 0.15) is 5.75 Å². The first-order valence-corrected chi connectivity index (χ1v) is 6.50. The molecule has 0 radical (unpaired) electrons. The molecule has 1 aromatic heterocycles. The molecule has 17 heavy (non-hydrogen) atoms. The van der Waals surface area contributed by atoms with E-state index < -0.39 is 0 Å². The fraction of sp³-hybridized carbons (Fsp3) is 0.214. The highest BCUT2D eigenvalue weighted by Crippen LogP contribution is 2.26. The largest absolute Gasteiger partial charge is 0.508 e. The van der Waals surface area contributed by atoms with Crippen LogP contribution in [0.25, 0.3) is 12.2 Å². The Bertz CT molecular complexity index is 515. The molecule has 0 aliphatic carbocycles. The van der Waals surface area contributed by atoms with Crippen molar-refractivity contribution in [3.63, 3.8) is 0 Å². The quantitative estimate of drug-likeness (QED) is 0.881. The Morgan fingerprint density at radius 2 is 2.12 bits per heavy atom. The summed E-state index contributed by atoms with van der Waals surface area (Å²) in [5, 5.41) is 11.9. The number of aromatic hydroxyl groups is 1. The van der Waals surface area contributed by atoms with Crippen molar-refractivity contribution < 1.29 is 5.11 Å². The molecule has 1 heterocycles. The first kappa shape index (κ1) is 11.9.